The van der Waals surface area contributed by atoms with Crippen molar-refractivity contribution < 1.29 is 14.7 Å². The predicted octanol–water partition coefficient (Wildman–Crippen LogP) is 1.54. The Morgan fingerprint density at radius 3 is 2.75 bits per heavy atom. The number of hydrogen-bond donors (Lipinski definition) is 3. The van der Waals surface area contributed by atoms with Crippen molar-refractivity contribution in [3.8, 4) is 0 Å². The molecule has 2 rings (SSSR count). The van der Waals surface area contributed by atoms with Gasteiger partial charge in [0.25, 0.3) is 5.91 Å². The highest BCUT2D eigenvalue weighted by atomic mass is 32.1. The number of aromatic nitrogens is 1. The largest absolute Gasteiger partial charge is 0.481 e. The molecule has 110 valence electrons. The molecule has 20 heavy (non-hydrogen) atoms. The first kappa shape index (κ1) is 14.9. The van der Waals surface area contributed by atoms with Gasteiger partial charge in [-0.15, -0.1) is 11.3 Å². The van der Waals surface area contributed by atoms with Crippen LogP contribution < -0.4 is 11.1 Å². The number of nitrogens with one attached hydrogen (secondary N) is 1. The zero-order valence-corrected chi connectivity index (χ0v) is 12.2. The Bertz CT molecular complexity index is 509. The lowest BCUT2D eigenvalue weighted by Gasteiger charge is -2.40. The number of nitrogens with two attached hydrogens (primary N) is 1. The van der Waals surface area contributed by atoms with E-state index in [1.54, 1.807) is 5.38 Å². The average molecular weight is 297 g/mol. The third kappa shape index (κ3) is 3.34. The van der Waals surface area contributed by atoms with Gasteiger partial charge in [0.05, 0.1) is 12.5 Å². The maximum atomic E-state index is 12.0. The molecule has 0 bridgehead atoms. The quantitative estimate of drug-likeness (QED) is 0.738. The standard InChI is InChI=1S/C13H19N3O3S/c1-8(14)12-16-9(6-20-12)11(19)15-7-13(3-2-4-13)5-10(17)18/h6,8H,2-5,7,14H2,1H3,(H,15,19)(H,17,18). The Labute approximate surface area is 121 Å². The highest BCUT2D eigenvalue weighted by Gasteiger charge is 2.39. The Kier molecular flexibility index (Phi) is 4.39. The molecule has 7 heteroatoms. The number of amides is 1. The highest BCUT2D eigenvalue weighted by Crippen LogP contribution is 2.43. The van der Waals surface area contributed by atoms with E-state index < -0.39 is 5.97 Å². The van der Waals surface area contributed by atoms with E-state index >= 15 is 0 Å². The zero-order chi connectivity index (χ0) is 14.8. The predicted molar refractivity (Wildman–Crippen MR) is 75.6 cm³/mol. The maximum Gasteiger partial charge on any atom is 0.303 e. The summed E-state index contributed by atoms with van der Waals surface area (Å²) in [5, 5.41) is 14.1. The van der Waals surface area contributed by atoms with E-state index in [1.165, 1.54) is 11.3 Å². The van der Waals surface area contributed by atoms with Crippen molar-refractivity contribution in [2.45, 2.75) is 38.6 Å². The number of aliphatic carboxylic acids is 1. The van der Waals surface area contributed by atoms with Crippen molar-refractivity contribution in [3.05, 3.63) is 16.1 Å². The van der Waals surface area contributed by atoms with Crippen LogP contribution in [0.3, 0.4) is 0 Å². The van der Waals surface area contributed by atoms with Crippen molar-refractivity contribution >= 4 is 23.2 Å². The summed E-state index contributed by atoms with van der Waals surface area (Å²) >= 11 is 1.36. The summed E-state index contributed by atoms with van der Waals surface area (Å²) in [6.07, 6.45) is 2.83. The van der Waals surface area contributed by atoms with Crippen LogP contribution in [0.15, 0.2) is 5.38 Å². The highest BCUT2D eigenvalue weighted by molar-refractivity contribution is 7.09. The van der Waals surface area contributed by atoms with E-state index in [9.17, 15) is 9.59 Å². The topological polar surface area (TPSA) is 105 Å². The zero-order valence-electron chi connectivity index (χ0n) is 11.4. The fourth-order valence-corrected chi connectivity index (χ4v) is 3.13. The molecule has 0 radical (unpaired) electrons. The molecule has 1 unspecified atom stereocenters. The van der Waals surface area contributed by atoms with Gasteiger partial charge in [0.2, 0.25) is 0 Å². The Morgan fingerprint density at radius 1 is 1.60 bits per heavy atom. The van der Waals surface area contributed by atoms with Crippen LogP contribution in [0.4, 0.5) is 0 Å². The second-order valence-corrected chi connectivity index (χ2v) is 6.36. The first-order valence-corrected chi connectivity index (χ1v) is 7.51. The molecular formula is C13H19N3O3S. The third-order valence-corrected chi connectivity index (χ3v) is 4.75. The van der Waals surface area contributed by atoms with Gasteiger partial charge in [-0.25, -0.2) is 4.98 Å². The number of rotatable bonds is 6. The number of nitrogens with zero attached hydrogens (tertiary/aromatic N) is 1. The molecule has 1 atom stereocenters. The molecule has 1 amide bonds. The summed E-state index contributed by atoms with van der Waals surface area (Å²) in [6, 6.07) is -0.188. The van der Waals surface area contributed by atoms with Crippen molar-refractivity contribution in [1.82, 2.24) is 10.3 Å². The number of carbonyl (C=O) groups excluding carboxylic acids is 1. The minimum atomic E-state index is -0.813. The smallest absolute Gasteiger partial charge is 0.303 e. The summed E-state index contributed by atoms with van der Waals surface area (Å²) in [4.78, 5) is 27.0. The molecule has 1 aliphatic carbocycles. The summed E-state index contributed by atoms with van der Waals surface area (Å²) < 4.78 is 0. The first-order valence-electron chi connectivity index (χ1n) is 6.63. The third-order valence-electron chi connectivity index (χ3n) is 3.71. The van der Waals surface area contributed by atoms with Gasteiger partial charge in [-0.1, -0.05) is 6.42 Å². The van der Waals surface area contributed by atoms with E-state index in [0.717, 1.165) is 24.3 Å². The molecular weight excluding hydrogens is 278 g/mol. The average Bonchev–Trinajstić information content (AvgIpc) is 2.81. The van der Waals surface area contributed by atoms with Gasteiger partial charge in [-0.3, -0.25) is 9.59 Å². The number of carboxylic acids is 1. The van der Waals surface area contributed by atoms with Gasteiger partial charge in [-0.2, -0.15) is 0 Å². The Balaban J connectivity index is 1.92. The minimum Gasteiger partial charge on any atom is -0.481 e. The Hall–Kier alpha value is -1.47. The molecule has 1 fully saturated rings. The molecule has 0 aromatic carbocycles. The number of thiazole rings is 1. The molecule has 4 N–H and O–H groups in total. The van der Waals surface area contributed by atoms with Gasteiger partial charge < -0.3 is 16.2 Å². The molecule has 1 aliphatic rings. The van der Waals surface area contributed by atoms with Crippen molar-refractivity contribution in [3.63, 3.8) is 0 Å². The minimum absolute atomic E-state index is 0.107. The lowest BCUT2D eigenvalue weighted by Crippen LogP contribution is -2.43. The second-order valence-electron chi connectivity index (χ2n) is 5.47. The van der Waals surface area contributed by atoms with Crippen LogP contribution in [0.25, 0.3) is 0 Å². The molecule has 0 aliphatic heterocycles. The molecule has 1 aromatic heterocycles. The molecule has 0 spiro atoms. The van der Waals surface area contributed by atoms with Crippen LogP contribution in [0, 0.1) is 5.41 Å². The summed E-state index contributed by atoms with van der Waals surface area (Å²) in [7, 11) is 0. The number of carbonyl (C=O) groups is 2. The normalized spacial score (nSPS) is 18.1. The van der Waals surface area contributed by atoms with Crippen LogP contribution in [0.2, 0.25) is 0 Å². The van der Waals surface area contributed by atoms with Crippen LogP contribution in [0.5, 0.6) is 0 Å². The van der Waals surface area contributed by atoms with Crippen molar-refractivity contribution in [1.29, 1.82) is 0 Å². The number of carboxylic acid groups (broad SMARTS) is 1. The van der Waals surface area contributed by atoms with Crippen LogP contribution >= 0.6 is 11.3 Å². The van der Waals surface area contributed by atoms with Gasteiger partial charge in [0.15, 0.2) is 0 Å². The van der Waals surface area contributed by atoms with Gasteiger partial charge >= 0.3 is 5.97 Å². The second kappa shape index (κ2) is 5.88. The van der Waals surface area contributed by atoms with Crippen LogP contribution in [-0.4, -0.2) is 28.5 Å². The summed E-state index contributed by atoms with van der Waals surface area (Å²) in [6.45, 7) is 2.21. The molecule has 6 nitrogen and oxygen atoms in total. The van der Waals surface area contributed by atoms with Gasteiger partial charge in [0.1, 0.15) is 10.7 Å². The molecule has 1 saturated carbocycles. The van der Waals surface area contributed by atoms with Crippen molar-refractivity contribution in [2.24, 2.45) is 11.1 Å². The van der Waals surface area contributed by atoms with E-state index in [-0.39, 0.29) is 23.8 Å². The lowest BCUT2D eigenvalue weighted by molar-refractivity contribution is -0.141. The lowest BCUT2D eigenvalue weighted by atomic mass is 9.66. The monoisotopic (exact) mass is 297 g/mol. The maximum absolute atomic E-state index is 12.0. The Morgan fingerprint density at radius 2 is 2.30 bits per heavy atom. The van der Waals surface area contributed by atoms with Gasteiger partial charge in [-0.05, 0) is 25.2 Å². The van der Waals surface area contributed by atoms with E-state index in [0.29, 0.717) is 12.2 Å². The summed E-state index contributed by atoms with van der Waals surface area (Å²) in [5.41, 5.74) is 5.78. The van der Waals surface area contributed by atoms with E-state index in [2.05, 4.69) is 10.3 Å². The first-order chi connectivity index (χ1) is 9.42. The van der Waals surface area contributed by atoms with Crippen LogP contribution in [0.1, 0.15) is 54.1 Å². The van der Waals surface area contributed by atoms with Crippen LogP contribution in [-0.2, 0) is 4.79 Å². The summed E-state index contributed by atoms with van der Waals surface area (Å²) in [5.74, 6) is -1.07. The SMILES string of the molecule is CC(N)c1nc(C(=O)NCC2(CC(=O)O)CCC2)cs1. The van der Waals surface area contributed by atoms with Gasteiger partial charge in [0, 0.05) is 11.9 Å². The van der Waals surface area contributed by atoms with E-state index in [1.807, 2.05) is 6.92 Å². The van der Waals surface area contributed by atoms with E-state index in [4.69, 9.17) is 10.8 Å². The molecule has 0 saturated heterocycles. The molecule has 1 aromatic rings. The fraction of sp³-hybridized carbons (Fsp3) is 0.615. The van der Waals surface area contributed by atoms with Crippen molar-refractivity contribution in [2.75, 3.05) is 6.54 Å². The molecule has 1 heterocycles. The fourth-order valence-electron chi connectivity index (χ4n) is 2.37. The number of hydrogen-bond acceptors (Lipinski definition) is 5.